The van der Waals surface area contributed by atoms with Crippen LogP contribution in [0.3, 0.4) is 0 Å². The summed E-state index contributed by atoms with van der Waals surface area (Å²) in [6.45, 7) is 1.24. The van der Waals surface area contributed by atoms with Gasteiger partial charge in [-0.2, -0.15) is 9.49 Å². The van der Waals surface area contributed by atoms with Crippen molar-refractivity contribution in [2.75, 3.05) is 25.6 Å². The molecule has 182 valence electrons. The Hall–Kier alpha value is -2.57. The third kappa shape index (κ3) is 4.53. The van der Waals surface area contributed by atoms with Gasteiger partial charge in [-0.05, 0) is 44.1 Å². The highest BCUT2D eigenvalue weighted by Crippen LogP contribution is 2.39. The molecule has 1 atom stereocenters. The van der Waals surface area contributed by atoms with Crippen LogP contribution in [-0.4, -0.2) is 54.7 Å². The first kappa shape index (κ1) is 23.2. The molecule has 3 aromatic rings. The molecule has 1 unspecified atom stereocenters. The van der Waals surface area contributed by atoms with Crippen molar-refractivity contribution in [3.05, 3.63) is 29.7 Å². The van der Waals surface area contributed by atoms with Crippen LogP contribution in [0.5, 0.6) is 5.75 Å². The van der Waals surface area contributed by atoms with Gasteiger partial charge in [-0.15, -0.1) is 0 Å². The van der Waals surface area contributed by atoms with Crippen molar-refractivity contribution in [1.29, 1.82) is 0 Å². The number of aromatic nitrogens is 3. The predicted molar refractivity (Wildman–Crippen MR) is 124 cm³/mol. The lowest BCUT2D eigenvalue weighted by atomic mass is 9.92. The second kappa shape index (κ2) is 9.23. The number of carbonyl (C=O) groups excluding carboxylic acids is 1. The molecule has 0 bridgehead atoms. The molecule has 9 nitrogen and oxygen atoms in total. The zero-order chi connectivity index (χ0) is 23.9. The lowest BCUT2D eigenvalue weighted by molar-refractivity contribution is -0.120. The average Bonchev–Trinajstić information content (AvgIpc) is 3.51. The summed E-state index contributed by atoms with van der Waals surface area (Å²) in [5, 5.41) is 6.88. The Morgan fingerprint density at radius 1 is 1.29 bits per heavy atom. The fraction of sp³-hybridized carbons (Fsp3) is 0.500. The Morgan fingerprint density at radius 3 is 2.71 bits per heavy atom. The maximum atomic E-state index is 13.4. The van der Waals surface area contributed by atoms with Crippen molar-refractivity contribution in [3.63, 3.8) is 0 Å². The molecule has 2 fully saturated rings. The van der Waals surface area contributed by atoms with E-state index in [2.05, 4.69) is 15.4 Å². The Labute approximate surface area is 200 Å². The van der Waals surface area contributed by atoms with Gasteiger partial charge in [0.05, 0.1) is 35.2 Å². The number of nitrogens with one attached hydrogen (secondary N) is 1. The molecule has 0 spiro atoms. The van der Waals surface area contributed by atoms with Crippen LogP contribution in [0.1, 0.15) is 38.1 Å². The number of rotatable bonds is 8. The van der Waals surface area contributed by atoms with Gasteiger partial charge in [0, 0.05) is 24.7 Å². The van der Waals surface area contributed by atoms with E-state index < -0.39 is 26.3 Å². The van der Waals surface area contributed by atoms with E-state index in [-0.39, 0.29) is 21.9 Å². The molecule has 5 rings (SSSR count). The average molecular weight is 509 g/mol. The number of benzene rings is 1. The Bertz CT molecular complexity index is 1310. The highest BCUT2D eigenvalue weighted by atomic mass is 32.2. The summed E-state index contributed by atoms with van der Waals surface area (Å²) in [4.78, 5) is 17.4. The van der Waals surface area contributed by atoms with E-state index in [1.54, 1.807) is 10.7 Å². The molecule has 34 heavy (non-hydrogen) atoms. The van der Waals surface area contributed by atoms with Gasteiger partial charge in [0.2, 0.25) is 0 Å². The van der Waals surface area contributed by atoms with E-state index in [1.165, 1.54) is 19.4 Å². The molecule has 1 N–H and O–H groups in total. The number of amides is 1. The fourth-order valence-electron chi connectivity index (χ4n) is 4.37. The topological polar surface area (TPSA) is 112 Å². The van der Waals surface area contributed by atoms with Gasteiger partial charge in [-0.25, -0.2) is 13.4 Å². The number of thiazole rings is 1. The molecular weight excluding hydrogens is 483 g/mol. The molecule has 1 saturated carbocycles. The van der Waals surface area contributed by atoms with E-state index in [9.17, 15) is 17.6 Å². The van der Waals surface area contributed by atoms with Crippen LogP contribution in [0, 0.1) is 11.0 Å². The molecular formula is C22H25FN4O5S2. The molecule has 1 aliphatic heterocycles. The summed E-state index contributed by atoms with van der Waals surface area (Å²) in [7, 11) is -2.06. The molecule has 3 heterocycles. The summed E-state index contributed by atoms with van der Waals surface area (Å²) in [5.41, 5.74) is 0.496. The Morgan fingerprint density at radius 2 is 2.06 bits per heavy atom. The van der Waals surface area contributed by atoms with Gasteiger partial charge in [-0.1, -0.05) is 11.3 Å². The maximum Gasteiger partial charge on any atom is 0.251 e. The molecule has 2 aromatic heterocycles. The number of anilines is 1. The largest absolute Gasteiger partial charge is 0.497 e. The minimum atomic E-state index is -3.53. The molecule has 0 radical (unpaired) electrons. The first-order valence-corrected chi connectivity index (χ1v) is 13.5. The maximum absolute atomic E-state index is 13.4. The highest BCUT2D eigenvalue weighted by Gasteiger charge is 2.39. The van der Waals surface area contributed by atoms with Crippen LogP contribution in [0.2, 0.25) is 0 Å². The summed E-state index contributed by atoms with van der Waals surface area (Å²) in [6.07, 6.45) is 5.90. The minimum Gasteiger partial charge on any atom is -0.497 e. The first-order valence-electron chi connectivity index (χ1n) is 11.2. The van der Waals surface area contributed by atoms with E-state index in [0.29, 0.717) is 49.1 Å². The van der Waals surface area contributed by atoms with Gasteiger partial charge in [0.15, 0.2) is 20.1 Å². The molecule has 1 aliphatic carbocycles. The SMILES string of the molecule is COc1cc(S(=O)(=O)C2CC2)c2cnn(C(CC3CCOCC3)C(=O)Nc3ncc(F)s3)c2c1. The number of ether oxygens (including phenoxy) is 2. The lowest BCUT2D eigenvalue weighted by Crippen LogP contribution is -2.30. The monoisotopic (exact) mass is 508 g/mol. The lowest BCUT2D eigenvalue weighted by Gasteiger charge is -2.26. The summed E-state index contributed by atoms with van der Waals surface area (Å²) in [5.74, 6) is 0.206. The number of hydrogen-bond donors (Lipinski definition) is 1. The summed E-state index contributed by atoms with van der Waals surface area (Å²) in [6, 6.07) is 2.46. The molecule has 1 saturated heterocycles. The van der Waals surface area contributed by atoms with E-state index in [4.69, 9.17) is 9.47 Å². The van der Waals surface area contributed by atoms with E-state index >= 15 is 0 Å². The van der Waals surface area contributed by atoms with Gasteiger partial charge in [0.25, 0.3) is 5.91 Å². The van der Waals surface area contributed by atoms with Crippen molar-refractivity contribution in [1.82, 2.24) is 14.8 Å². The van der Waals surface area contributed by atoms with Crippen LogP contribution in [-0.2, 0) is 19.4 Å². The van der Waals surface area contributed by atoms with E-state index in [1.807, 2.05) is 0 Å². The third-order valence-corrected chi connectivity index (χ3v) is 9.36. The Kier molecular flexibility index (Phi) is 6.30. The molecule has 1 amide bonds. The van der Waals surface area contributed by atoms with Crippen LogP contribution in [0.25, 0.3) is 10.9 Å². The number of carbonyl (C=O) groups is 1. The molecule has 1 aromatic carbocycles. The number of hydrogen-bond acceptors (Lipinski definition) is 8. The smallest absolute Gasteiger partial charge is 0.251 e. The van der Waals surface area contributed by atoms with Crippen molar-refractivity contribution in [3.8, 4) is 5.75 Å². The van der Waals surface area contributed by atoms with Gasteiger partial charge >= 0.3 is 0 Å². The van der Waals surface area contributed by atoms with Crippen LogP contribution in [0.4, 0.5) is 9.52 Å². The summed E-state index contributed by atoms with van der Waals surface area (Å²) >= 11 is 0.744. The molecule has 12 heteroatoms. The highest BCUT2D eigenvalue weighted by molar-refractivity contribution is 7.92. The Balaban J connectivity index is 1.57. The van der Waals surface area contributed by atoms with Crippen LogP contribution < -0.4 is 10.1 Å². The first-order chi connectivity index (χ1) is 16.4. The fourth-order valence-corrected chi connectivity index (χ4v) is 6.77. The number of methoxy groups -OCH3 is 1. The minimum absolute atomic E-state index is 0.158. The zero-order valence-corrected chi connectivity index (χ0v) is 20.2. The quantitative estimate of drug-likeness (QED) is 0.495. The second-order valence-electron chi connectivity index (χ2n) is 8.66. The van der Waals surface area contributed by atoms with Crippen molar-refractivity contribution in [2.24, 2.45) is 5.92 Å². The third-order valence-electron chi connectivity index (χ3n) is 6.36. The van der Waals surface area contributed by atoms with Crippen LogP contribution >= 0.6 is 11.3 Å². The van der Waals surface area contributed by atoms with E-state index in [0.717, 1.165) is 30.4 Å². The standard InChI is InChI=1S/C22H25FN4O5S2/c1-31-14-9-17-16(19(10-14)34(29,30)15-2-3-15)11-25-27(17)18(8-13-4-6-32-7-5-13)21(28)26-22-24-12-20(23)33-22/h9-13,15,18H,2-8H2,1H3,(H,24,26,28). The number of nitrogens with zero attached hydrogens (tertiary/aromatic N) is 3. The number of halogens is 1. The second-order valence-corrected chi connectivity index (χ2v) is 11.8. The van der Waals surface area contributed by atoms with Gasteiger partial charge < -0.3 is 14.8 Å². The summed E-state index contributed by atoms with van der Waals surface area (Å²) < 4.78 is 52.1. The van der Waals surface area contributed by atoms with Crippen LogP contribution in [0.15, 0.2) is 29.4 Å². The van der Waals surface area contributed by atoms with Crippen molar-refractivity contribution in [2.45, 2.75) is 48.3 Å². The number of fused-ring (bicyclic) bond motifs is 1. The van der Waals surface area contributed by atoms with Gasteiger partial charge in [0.1, 0.15) is 11.8 Å². The van der Waals surface area contributed by atoms with Gasteiger partial charge in [-0.3, -0.25) is 9.48 Å². The molecule has 2 aliphatic rings. The van der Waals surface area contributed by atoms with Crippen molar-refractivity contribution >= 4 is 43.1 Å². The normalized spacial score (nSPS) is 18.2. The zero-order valence-electron chi connectivity index (χ0n) is 18.6. The number of sulfone groups is 1. The van der Waals surface area contributed by atoms with Crippen molar-refractivity contribution < 1.29 is 27.1 Å². The predicted octanol–water partition coefficient (Wildman–Crippen LogP) is 3.57.